The van der Waals surface area contributed by atoms with E-state index in [0.717, 1.165) is 17.7 Å². The Morgan fingerprint density at radius 3 is 2.63 bits per heavy atom. The van der Waals surface area contributed by atoms with Crippen LogP contribution in [0.4, 0.5) is 4.39 Å². The molecule has 0 aliphatic rings. The zero-order valence-corrected chi connectivity index (χ0v) is 11.2. The predicted molar refractivity (Wildman–Crippen MR) is 75.0 cm³/mol. The molecule has 19 heavy (non-hydrogen) atoms. The third-order valence-corrected chi connectivity index (χ3v) is 2.82. The summed E-state index contributed by atoms with van der Waals surface area (Å²) in [7, 11) is 0. The summed E-state index contributed by atoms with van der Waals surface area (Å²) in [5.41, 5.74) is 7.98. The van der Waals surface area contributed by atoms with Crippen molar-refractivity contribution in [2.45, 2.75) is 26.3 Å². The highest BCUT2D eigenvalue weighted by molar-refractivity contribution is 5.40. The molecule has 0 bridgehead atoms. The van der Waals surface area contributed by atoms with Crippen molar-refractivity contribution < 1.29 is 9.13 Å². The molecule has 1 atom stereocenters. The number of hydrogen-bond donors (Lipinski definition) is 1. The Labute approximate surface area is 113 Å². The fraction of sp³-hybridized carbons (Fsp3) is 0.250. The fourth-order valence-corrected chi connectivity index (χ4v) is 1.98. The lowest BCUT2D eigenvalue weighted by Gasteiger charge is -2.11. The molecule has 0 amide bonds. The van der Waals surface area contributed by atoms with E-state index in [1.807, 2.05) is 26.0 Å². The summed E-state index contributed by atoms with van der Waals surface area (Å²) in [6.45, 7) is 3.95. The molecule has 0 fully saturated rings. The molecule has 0 saturated carbocycles. The van der Waals surface area contributed by atoms with Gasteiger partial charge in [-0.1, -0.05) is 18.2 Å². The third kappa shape index (κ3) is 3.80. The van der Waals surface area contributed by atoms with Crippen molar-refractivity contribution in [1.82, 2.24) is 0 Å². The van der Waals surface area contributed by atoms with Gasteiger partial charge in [-0.3, -0.25) is 0 Å². The zero-order valence-electron chi connectivity index (χ0n) is 11.2. The molecule has 2 aromatic carbocycles. The maximum absolute atomic E-state index is 13.1. The molecule has 0 saturated heterocycles. The number of hydrogen-bond acceptors (Lipinski definition) is 2. The minimum atomic E-state index is -0.302. The second kappa shape index (κ2) is 5.85. The lowest BCUT2D eigenvalue weighted by atomic mass is 10.0. The Morgan fingerprint density at radius 1 is 1.21 bits per heavy atom. The molecule has 2 N–H and O–H groups in total. The molecular formula is C16H18FNO. The molecule has 0 aliphatic carbocycles. The van der Waals surface area contributed by atoms with Crippen LogP contribution >= 0.6 is 0 Å². The van der Waals surface area contributed by atoms with E-state index in [9.17, 15) is 4.39 Å². The molecule has 3 heteroatoms. The number of ether oxygens (including phenoxy) is 1. The first-order chi connectivity index (χ1) is 9.04. The normalized spacial score (nSPS) is 12.2. The van der Waals surface area contributed by atoms with Gasteiger partial charge in [0, 0.05) is 12.1 Å². The first kappa shape index (κ1) is 13.6. The quantitative estimate of drug-likeness (QED) is 0.906. The van der Waals surface area contributed by atoms with E-state index in [4.69, 9.17) is 10.5 Å². The molecule has 0 aromatic heterocycles. The highest BCUT2D eigenvalue weighted by atomic mass is 19.1. The Hall–Kier alpha value is -1.87. The first-order valence-electron chi connectivity index (χ1n) is 6.33. The van der Waals surface area contributed by atoms with E-state index >= 15 is 0 Å². The largest absolute Gasteiger partial charge is 0.457 e. The van der Waals surface area contributed by atoms with Crippen molar-refractivity contribution >= 4 is 0 Å². The van der Waals surface area contributed by atoms with Gasteiger partial charge < -0.3 is 10.5 Å². The molecule has 0 heterocycles. The summed E-state index contributed by atoms with van der Waals surface area (Å²) in [6.07, 6.45) is 0.834. The van der Waals surface area contributed by atoms with Gasteiger partial charge in [0.05, 0.1) is 0 Å². The maximum Gasteiger partial charge on any atom is 0.130 e. The molecule has 2 rings (SSSR count). The monoisotopic (exact) mass is 259 g/mol. The summed E-state index contributed by atoms with van der Waals surface area (Å²) in [5.74, 6) is 0.936. The Morgan fingerprint density at radius 2 is 2.00 bits per heavy atom. The summed E-state index contributed by atoms with van der Waals surface area (Å²) >= 11 is 0. The van der Waals surface area contributed by atoms with Crippen molar-refractivity contribution in [1.29, 1.82) is 0 Å². The second-order valence-corrected chi connectivity index (χ2v) is 4.84. The summed E-state index contributed by atoms with van der Waals surface area (Å²) in [4.78, 5) is 0. The molecule has 2 nitrogen and oxygen atoms in total. The van der Waals surface area contributed by atoms with E-state index < -0.39 is 0 Å². The van der Waals surface area contributed by atoms with Crippen LogP contribution in [0.15, 0.2) is 42.5 Å². The minimum absolute atomic E-state index is 0.134. The Balaban J connectivity index is 2.17. The smallest absolute Gasteiger partial charge is 0.130 e. The van der Waals surface area contributed by atoms with E-state index in [0.29, 0.717) is 5.75 Å². The number of halogens is 1. The molecule has 100 valence electrons. The summed E-state index contributed by atoms with van der Waals surface area (Å²) in [6, 6.07) is 12.2. The van der Waals surface area contributed by atoms with Crippen LogP contribution < -0.4 is 10.5 Å². The van der Waals surface area contributed by atoms with Gasteiger partial charge in [-0.25, -0.2) is 4.39 Å². The Bertz CT molecular complexity index is 566. The van der Waals surface area contributed by atoms with Gasteiger partial charge in [0.2, 0.25) is 0 Å². The molecule has 1 unspecified atom stereocenters. The van der Waals surface area contributed by atoms with Gasteiger partial charge in [0.25, 0.3) is 0 Å². The number of aryl methyl sites for hydroxylation is 1. The van der Waals surface area contributed by atoms with Gasteiger partial charge in [-0.2, -0.15) is 0 Å². The lowest BCUT2D eigenvalue weighted by Crippen LogP contribution is -2.17. The van der Waals surface area contributed by atoms with Crippen molar-refractivity contribution in [3.63, 3.8) is 0 Å². The highest BCUT2D eigenvalue weighted by Crippen LogP contribution is 2.26. The van der Waals surface area contributed by atoms with Crippen molar-refractivity contribution in [3.05, 3.63) is 59.4 Å². The van der Waals surface area contributed by atoms with E-state index in [1.54, 1.807) is 12.1 Å². The van der Waals surface area contributed by atoms with Gasteiger partial charge in [0.15, 0.2) is 0 Å². The molecule has 0 aliphatic heterocycles. The minimum Gasteiger partial charge on any atom is -0.457 e. The van der Waals surface area contributed by atoms with Crippen LogP contribution in [-0.4, -0.2) is 6.04 Å². The van der Waals surface area contributed by atoms with Gasteiger partial charge >= 0.3 is 0 Å². The number of rotatable bonds is 4. The van der Waals surface area contributed by atoms with E-state index in [2.05, 4.69) is 6.07 Å². The summed E-state index contributed by atoms with van der Waals surface area (Å²) in [5, 5.41) is 0. The third-order valence-electron chi connectivity index (χ3n) is 2.82. The molecule has 0 spiro atoms. The average molecular weight is 259 g/mol. The highest BCUT2D eigenvalue weighted by Gasteiger charge is 2.05. The van der Waals surface area contributed by atoms with Crippen molar-refractivity contribution in [2.24, 2.45) is 5.73 Å². The van der Waals surface area contributed by atoms with Crippen LogP contribution in [0.5, 0.6) is 11.5 Å². The van der Waals surface area contributed by atoms with Gasteiger partial charge in [-0.05, 0) is 49.6 Å². The SMILES string of the molecule is Cc1cc(CC(C)N)ccc1Oc1cccc(F)c1. The second-order valence-electron chi connectivity index (χ2n) is 4.84. The van der Waals surface area contributed by atoms with Gasteiger partial charge in [0.1, 0.15) is 17.3 Å². The predicted octanol–water partition coefficient (Wildman–Crippen LogP) is 3.82. The summed E-state index contributed by atoms with van der Waals surface area (Å²) < 4.78 is 18.8. The number of nitrogens with two attached hydrogens (primary N) is 1. The van der Waals surface area contributed by atoms with E-state index in [1.165, 1.54) is 17.7 Å². The van der Waals surface area contributed by atoms with Crippen LogP contribution in [-0.2, 0) is 6.42 Å². The van der Waals surface area contributed by atoms with E-state index in [-0.39, 0.29) is 11.9 Å². The zero-order chi connectivity index (χ0) is 13.8. The Kier molecular flexibility index (Phi) is 4.17. The molecular weight excluding hydrogens is 241 g/mol. The topological polar surface area (TPSA) is 35.2 Å². The standard InChI is InChI=1S/C16H18FNO/c1-11-8-13(9-12(2)18)6-7-16(11)19-15-5-3-4-14(17)10-15/h3-8,10,12H,9,18H2,1-2H3. The first-order valence-corrected chi connectivity index (χ1v) is 6.33. The maximum atomic E-state index is 13.1. The van der Waals surface area contributed by atoms with Crippen LogP contribution in [0.25, 0.3) is 0 Å². The van der Waals surface area contributed by atoms with Crippen LogP contribution in [0, 0.1) is 12.7 Å². The van der Waals surface area contributed by atoms with Crippen LogP contribution in [0.3, 0.4) is 0 Å². The fourth-order valence-electron chi connectivity index (χ4n) is 1.98. The van der Waals surface area contributed by atoms with Crippen molar-refractivity contribution in [2.75, 3.05) is 0 Å². The van der Waals surface area contributed by atoms with Crippen LogP contribution in [0.1, 0.15) is 18.1 Å². The van der Waals surface area contributed by atoms with Gasteiger partial charge in [-0.15, -0.1) is 0 Å². The lowest BCUT2D eigenvalue weighted by molar-refractivity contribution is 0.473. The average Bonchev–Trinajstić information content (AvgIpc) is 2.32. The number of benzene rings is 2. The molecule has 0 radical (unpaired) electrons. The van der Waals surface area contributed by atoms with Crippen LogP contribution in [0.2, 0.25) is 0 Å². The van der Waals surface area contributed by atoms with Crippen molar-refractivity contribution in [3.8, 4) is 11.5 Å². The molecule has 2 aromatic rings.